The highest BCUT2D eigenvalue weighted by Crippen LogP contribution is 2.29. The van der Waals surface area contributed by atoms with Gasteiger partial charge in [-0.25, -0.2) is 4.98 Å². The van der Waals surface area contributed by atoms with Crippen molar-refractivity contribution in [2.24, 2.45) is 0 Å². The standard InChI is InChI=1S/C14H17ClIN3/c1-18-6-4-11(5-7-18)19-13-3-2-10(16)8-12(13)17-14(19)9-15/h2-3,8,11H,4-7,9H2,1H3. The molecule has 0 aliphatic carbocycles. The number of fused-ring (bicyclic) bond motifs is 1. The van der Waals surface area contributed by atoms with E-state index >= 15 is 0 Å². The fourth-order valence-corrected chi connectivity index (χ4v) is 3.54. The Morgan fingerprint density at radius 2 is 2.11 bits per heavy atom. The van der Waals surface area contributed by atoms with E-state index in [4.69, 9.17) is 16.6 Å². The fourth-order valence-electron chi connectivity index (χ4n) is 2.88. The molecule has 3 rings (SSSR count). The van der Waals surface area contributed by atoms with E-state index in [9.17, 15) is 0 Å². The van der Waals surface area contributed by atoms with Gasteiger partial charge in [-0.05, 0) is 73.8 Å². The monoisotopic (exact) mass is 389 g/mol. The third kappa shape index (κ3) is 2.62. The zero-order valence-electron chi connectivity index (χ0n) is 10.9. The average molecular weight is 390 g/mol. The SMILES string of the molecule is CN1CCC(n2c(CCl)nc3cc(I)ccc32)CC1. The lowest BCUT2D eigenvalue weighted by molar-refractivity contribution is 0.222. The molecule has 102 valence electrons. The van der Waals surface area contributed by atoms with Crippen LogP contribution in [0.3, 0.4) is 0 Å². The molecule has 0 radical (unpaired) electrons. The fraction of sp³-hybridized carbons (Fsp3) is 0.500. The van der Waals surface area contributed by atoms with E-state index in [0.717, 1.165) is 24.4 Å². The number of rotatable bonds is 2. The van der Waals surface area contributed by atoms with E-state index in [1.807, 2.05) is 0 Å². The molecule has 1 aliphatic heterocycles. The molecule has 1 aromatic heterocycles. The number of benzene rings is 1. The summed E-state index contributed by atoms with van der Waals surface area (Å²) in [5.74, 6) is 1.49. The van der Waals surface area contributed by atoms with Gasteiger partial charge in [0.25, 0.3) is 0 Å². The van der Waals surface area contributed by atoms with E-state index in [-0.39, 0.29) is 0 Å². The van der Waals surface area contributed by atoms with Crippen molar-refractivity contribution in [1.29, 1.82) is 0 Å². The van der Waals surface area contributed by atoms with Crippen molar-refractivity contribution in [3.8, 4) is 0 Å². The first-order valence-electron chi connectivity index (χ1n) is 6.60. The summed E-state index contributed by atoms with van der Waals surface area (Å²) in [7, 11) is 2.19. The zero-order chi connectivity index (χ0) is 13.4. The van der Waals surface area contributed by atoms with Crippen LogP contribution in [0.1, 0.15) is 24.7 Å². The molecular formula is C14H17ClIN3. The van der Waals surface area contributed by atoms with Crippen LogP contribution in [-0.2, 0) is 5.88 Å². The minimum atomic E-state index is 0.484. The van der Waals surface area contributed by atoms with Crippen LogP contribution < -0.4 is 0 Å². The maximum atomic E-state index is 6.10. The first kappa shape index (κ1) is 13.6. The van der Waals surface area contributed by atoms with Crippen LogP contribution in [0.25, 0.3) is 11.0 Å². The number of imidazole rings is 1. The number of aromatic nitrogens is 2. The molecule has 0 amide bonds. The number of hydrogen-bond acceptors (Lipinski definition) is 2. The third-order valence-electron chi connectivity index (χ3n) is 3.90. The van der Waals surface area contributed by atoms with Crippen molar-refractivity contribution in [2.75, 3.05) is 20.1 Å². The summed E-state index contributed by atoms with van der Waals surface area (Å²) in [5, 5.41) is 0. The molecule has 19 heavy (non-hydrogen) atoms. The van der Waals surface area contributed by atoms with Gasteiger partial charge in [-0.3, -0.25) is 0 Å². The zero-order valence-corrected chi connectivity index (χ0v) is 13.9. The van der Waals surface area contributed by atoms with Gasteiger partial charge in [-0.2, -0.15) is 0 Å². The number of halogens is 2. The van der Waals surface area contributed by atoms with Crippen LogP contribution in [0.15, 0.2) is 18.2 Å². The maximum absolute atomic E-state index is 6.10. The van der Waals surface area contributed by atoms with Crippen molar-refractivity contribution >= 4 is 45.2 Å². The lowest BCUT2D eigenvalue weighted by Gasteiger charge is -2.31. The molecule has 3 nitrogen and oxygen atoms in total. The molecule has 0 saturated carbocycles. The summed E-state index contributed by atoms with van der Waals surface area (Å²) in [6.45, 7) is 2.30. The van der Waals surface area contributed by atoms with E-state index in [1.54, 1.807) is 0 Å². The molecule has 2 aromatic rings. The third-order valence-corrected chi connectivity index (χ3v) is 4.81. The number of piperidine rings is 1. The predicted octanol–water partition coefficient (Wildman–Crippen LogP) is 3.65. The largest absolute Gasteiger partial charge is 0.324 e. The Bertz CT molecular complexity index is 588. The summed E-state index contributed by atoms with van der Waals surface area (Å²) < 4.78 is 3.59. The number of likely N-dealkylation sites (tertiary alicyclic amines) is 1. The van der Waals surface area contributed by atoms with Crippen molar-refractivity contribution in [3.05, 3.63) is 27.6 Å². The van der Waals surface area contributed by atoms with Gasteiger partial charge in [0.05, 0.1) is 16.9 Å². The second-order valence-corrected chi connectivity index (χ2v) is 6.71. The van der Waals surface area contributed by atoms with Gasteiger partial charge < -0.3 is 9.47 Å². The average Bonchev–Trinajstić information content (AvgIpc) is 2.77. The summed E-state index contributed by atoms with van der Waals surface area (Å²) in [4.78, 5) is 7.09. The Balaban J connectivity index is 2.05. The molecule has 0 unspecified atom stereocenters. The first-order valence-corrected chi connectivity index (χ1v) is 8.21. The highest BCUT2D eigenvalue weighted by Gasteiger charge is 2.22. The first-order chi connectivity index (χ1) is 9.19. The summed E-state index contributed by atoms with van der Waals surface area (Å²) in [6, 6.07) is 7.00. The molecule has 1 saturated heterocycles. The summed E-state index contributed by atoms with van der Waals surface area (Å²) in [6.07, 6.45) is 2.36. The van der Waals surface area contributed by atoms with Gasteiger partial charge in [0.1, 0.15) is 5.82 Å². The Labute approximate surface area is 132 Å². The lowest BCUT2D eigenvalue weighted by Crippen LogP contribution is -2.31. The highest BCUT2D eigenvalue weighted by atomic mass is 127. The number of hydrogen-bond donors (Lipinski definition) is 0. The Hall–Kier alpha value is -0.330. The second-order valence-electron chi connectivity index (χ2n) is 5.20. The molecule has 0 N–H and O–H groups in total. The minimum absolute atomic E-state index is 0.484. The summed E-state index contributed by atoms with van der Waals surface area (Å²) >= 11 is 8.42. The van der Waals surface area contributed by atoms with E-state index in [0.29, 0.717) is 11.9 Å². The van der Waals surface area contributed by atoms with Gasteiger partial charge in [0, 0.05) is 9.61 Å². The number of nitrogens with zero attached hydrogens (tertiary/aromatic N) is 3. The number of alkyl halides is 1. The van der Waals surface area contributed by atoms with Gasteiger partial charge in [-0.1, -0.05) is 0 Å². The molecule has 1 aliphatic rings. The molecule has 2 heterocycles. The van der Waals surface area contributed by atoms with Crippen LogP contribution in [0.5, 0.6) is 0 Å². The van der Waals surface area contributed by atoms with Gasteiger partial charge in [-0.15, -0.1) is 11.6 Å². The van der Waals surface area contributed by atoms with Crippen LogP contribution >= 0.6 is 34.2 Å². The predicted molar refractivity (Wildman–Crippen MR) is 87.8 cm³/mol. The molecule has 1 aromatic carbocycles. The summed E-state index contributed by atoms with van der Waals surface area (Å²) in [5.41, 5.74) is 2.30. The van der Waals surface area contributed by atoms with Gasteiger partial charge >= 0.3 is 0 Å². The quantitative estimate of drug-likeness (QED) is 0.577. The van der Waals surface area contributed by atoms with E-state index in [1.165, 1.54) is 21.9 Å². The maximum Gasteiger partial charge on any atom is 0.125 e. The van der Waals surface area contributed by atoms with Crippen LogP contribution in [0.2, 0.25) is 0 Å². The molecule has 5 heteroatoms. The molecule has 0 spiro atoms. The van der Waals surface area contributed by atoms with Gasteiger partial charge in [0.15, 0.2) is 0 Å². The van der Waals surface area contributed by atoms with Crippen molar-refractivity contribution in [2.45, 2.75) is 24.8 Å². The second kappa shape index (κ2) is 5.58. The molecule has 0 atom stereocenters. The smallest absolute Gasteiger partial charge is 0.125 e. The van der Waals surface area contributed by atoms with Crippen molar-refractivity contribution in [1.82, 2.24) is 14.5 Å². The van der Waals surface area contributed by atoms with E-state index in [2.05, 4.69) is 57.3 Å². The Morgan fingerprint density at radius 3 is 2.79 bits per heavy atom. The molecule has 1 fully saturated rings. The Morgan fingerprint density at radius 1 is 1.37 bits per heavy atom. The molecule has 0 bridgehead atoms. The highest BCUT2D eigenvalue weighted by molar-refractivity contribution is 14.1. The van der Waals surface area contributed by atoms with E-state index < -0.39 is 0 Å². The Kier molecular flexibility index (Phi) is 4.01. The molecular weight excluding hydrogens is 373 g/mol. The normalized spacial score (nSPS) is 18.3. The van der Waals surface area contributed by atoms with Crippen molar-refractivity contribution in [3.63, 3.8) is 0 Å². The topological polar surface area (TPSA) is 21.1 Å². The van der Waals surface area contributed by atoms with Crippen LogP contribution in [0.4, 0.5) is 0 Å². The van der Waals surface area contributed by atoms with Crippen LogP contribution in [0, 0.1) is 3.57 Å². The minimum Gasteiger partial charge on any atom is -0.324 e. The van der Waals surface area contributed by atoms with Crippen molar-refractivity contribution < 1.29 is 0 Å². The lowest BCUT2D eigenvalue weighted by atomic mass is 10.0. The van der Waals surface area contributed by atoms with Gasteiger partial charge in [0.2, 0.25) is 0 Å². The van der Waals surface area contributed by atoms with Crippen LogP contribution in [-0.4, -0.2) is 34.6 Å².